The molecule has 2 fully saturated rings. The van der Waals surface area contributed by atoms with Gasteiger partial charge in [-0.3, -0.25) is 4.79 Å². The number of carboxylic acids is 1. The molecule has 2 saturated carbocycles. The fourth-order valence-electron chi connectivity index (χ4n) is 4.14. The molecule has 0 spiro atoms. The maximum atomic E-state index is 11.2. The van der Waals surface area contributed by atoms with Crippen molar-refractivity contribution in [3.8, 4) is 0 Å². The van der Waals surface area contributed by atoms with E-state index in [-0.39, 0.29) is 23.7 Å². The minimum atomic E-state index is -0.673. The van der Waals surface area contributed by atoms with Crippen LogP contribution in [0.15, 0.2) is 0 Å². The normalized spacial score (nSPS) is 43.1. The first-order valence-corrected chi connectivity index (χ1v) is 6.95. The first-order chi connectivity index (χ1) is 8.00. The molecule has 17 heavy (non-hydrogen) atoms. The van der Waals surface area contributed by atoms with Gasteiger partial charge >= 0.3 is 5.97 Å². The second-order valence-electron chi connectivity index (χ2n) is 6.03. The van der Waals surface area contributed by atoms with Crippen LogP contribution in [0.1, 0.15) is 52.4 Å². The average Bonchev–Trinajstić information content (AvgIpc) is 2.26. The lowest BCUT2D eigenvalue weighted by Gasteiger charge is -2.54. The van der Waals surface area contributed by atoms with Crippen LogP contribution in [-0.2, 0) is 4.79 Å². The van der Waals surface area contributed by atoms with E-state index in [0.717, 1.165) is 25.7 Å². The maximum absolute atomic E-state index is 11.2. The van der Waals surface area contributed by atoms with Gasteiger partial charge in [0.2, 0.25) is 0 Å². The van der Waals surface area contributed by atoms with Crippen LogP contribution >= 0.6 is 0 Å². The number of rotatable bonds is 3. The molecular formula is C14H24O3. The number of hydrogen-bond donors (Lipinski definition) is 2. The molecular weight excluding hydrogens is 216 g/mol. The Labute approximate surface area is 103 Å². The standard InChI is InChI=1S/C14H24O3/c1-3-9(2)14(17)11-5-4-6-12(14)8-10(7-11)13(15)16/h9-12,17H,3-8H2,1-2H3,(H,15,16). The highest BCUT2D eigenvalue weighted by atomic mass is 16.4. The predicted molar refractivity (Wildman–Crippen MR) is 65.6 cm³/mol. The molecule has 3 atom stereocenters. The molecule has 98 valence electrons. The molecule has 2 aliphatic rings. The fourth-order valence-corrected chi connectivity index (χ4v) is 4.14. The van der Waals surface area contributed by atoms with Gasteiger partial charge in [0.25, 0.3) is 0 Å². The molecule has 2 bridgehead atoms. The molecule has 0 aromatic rings. The van der Waals surface area contributed by atoms with Crippen molar-refractivity contribution >= 4 is 5.97 Å². The Kier molecular flexibility index (Phi) is 3.48. The molecule has 0 aliphatic heterocycles. The zero-order chi connectivity index (χ0) is 12.6. The van der Waals surface area contributed by atoms with Gasteiger partial charge in [0.1, 0.15) is 0 Å². The van der Waals surface area contributed by atoms with Crippen molar-refractivity contribution in [2.45, 2.75) is 58.0 Å². The van der Waals surface area contributed by atoms with Gasteiger partial charge < -0.3 is 10.2 Å². The number of aliphatic carboxylic acids is 1. The van der Waals surface area contributed by atoms with Crippen molar-refractivity contribution in [3.63, 3.8) is 0 Å². The molecule has 0 heterocycles. The Morgan fingerprint density at radius 3 is 2.29 bits per heavy atom. The van der Waals surface area contributed by atoms with E-state index >= 15 is 0 Å². The van der Waals surface area contributed by atoms with Gasteiger partial charge in [0.05, 0.1) is 11.5 Å². The Hall–Kier alpha value is -0.570. The Balaban J connectivity index is 2.23. The van der Waals surface area contributed by atoms with E-state index in [0.29, 0.717) is 12.8 Å². The van der Waals surface area contributed by atoms with E-state index < -0.39 is 11.6 Å². The molecule has 0 aromatic heterocycles. The van der Waals surface area contributed by atoms with Crippen molar-refractivity contribution in [2.24, 2.45) is 23.7 Å². The number of fused-ring (bicyclic) bond motifs is 2. The van der Waals surface area contributed by atoms with Crippen LogP contribution in [0.5, 0.6) is 0 Å². The second-order valence-corrected chi connectivity index (χ2v) is 6.03. The van der Waals surface area contributed by atoms with Crippen molar-refractivity contribution < 1.29 is 15.0 Å². The van der Waals surface area contributed by atoms with Gasteiger partial charge in [-0.15, -0.1) is 0 Å². The summed E-state index contributed by atoms with van der Waals surface area (Å²) in [6.07, 6.45) is 5.48. The fraction of sp³-hybridized carbons (Fsp3) is 0.929. The van der Waals surface area contributed by atoms with Gasteiger partial charge in [-0.2, -0.15) is 0 Å². The topological polar surface area (TPSA) is 57.5 Å². The summed E-state index contributed by atoms with van der Waals surface area (Å²) in [6.45, 7) is 4.23. The summed E-state index contributed by atoms with van der Waals surface area (Å²) >= 11 is 0. The third-order valence-corrected chi connectivity index (χ3v) is 5.30. The van der Waals surface area contributed by atoms with Gasteiger partial charge in [-0.1, -0.05) is 26.7 Å². The third-order valence-electron chi connectivity index (χ3n) is 5.30. The predicted octanol–water partition coefficient (Wildman–Crippen LogP) is 2.67. The molecule has 2 aliphatic carbocycles. The molecule has 3 unspecified atom stereocenters. The summed E-state index contributed by atoms with van der Waals surface area (Å²) < 4.78 is 0. The Morgan fingerprint density at radius 1 is 1.35 bits per heavy atom. The quantitative estimate of drug-likeness (QED) is 0.797. The summed E-state index contributed by atoms with van der Waals surface area (Å²) in [6, 6.07) is 0. The lowest BCUT2D eigenvalue weighted by Crippen LogP contribution is -2.57. The van der Waals surface area contributed by atoms with E-state index in [1.54, 1.807) is 0 Å². The summed E-state index contributed by atoms with van der Waals surface area (Å²) in [7, 11) is 0. The molecule has 0 saturated heterocycles. The van der Waals surface area contributed by atoms with Crippen LogP contribution < -0.4 is 0 Å². The Bertz CT molecular complexity index is 286. The summed E-state index contributed by atoms with van der Waals surface area (Å²) in [5.74, 6) is -0.215. The highest BCUT2D eigenvalue weighted by molar-refractivity contribution is 5.70. The SMILES string of the molecule is CCC(C)C1(O)C2CCCC1CC(C(=O)O)C2. The number of hydrogen-bond acceptors (Lipinski definition) is 2. The van der Waals surface area contributed by atoms with Gasteiger partial charge in [0, 0.05) is 0 Å². The van der Waals surface area contributed by atoms with Crippen LogP contribution in [0, 0.1) is 23.7 Å². The molecule has 3 heteroatoms. The average molecular weight is 240 g/mol. The van der Waals surface area contributed by atoms with Crippen LogP contribution in [0.2, 0.25) is 0 Å². The molecule has 2 N–H and O–H groups in total. The Morgan fingerprint density at radius 2 is 1.88 bits per heavy atom. The minimum Gasteiger partial charge on any atom is -0.481 e. The molecule has 0 radical (unpaired) electrons. The molecule has 3 nitrogen and oxygen atoms in total. The van der Waals surface area contributed by atoms with E-state index in [1.807, 2.05) is 0 Å². The monoisotopic (exact) mass is 240 g/mol. The van der Waals surface area contributed by atoms with Gasteiger partial charge in [0.15, 0.2) is 0 Å². The lowest BCUT2D eigenvalue weighted by atomic mass is 9.54. The zero-order valence-corrected chi connectivity index (χ0v) is 10.9. The highest BCUT2D eigenvalue weighted by Gasteiger charge is 2.54. The molecule has 2 rings (SSSR count). The number of aliphatic hydroxyl groups is 1. The van der Waals surface area contributed by atoms with Crippen molar-refractivity contribution in [2.75, 3.05) is 0 Å². The van der Waals surface area contributed by atoms with Crippen molar-refractivity contribution in [3.05, 3.63) is 0 Å². The highest BCUT2D eigenvalue weighted by Crippen LogP contribution is 2.53. The third kappa shape index (κ3) is 1.99. The van der Waals surface area contributed by atoms with Crippen LogP contribution in [-0.4, -0.2) is 21.8 Å². The number of carbonyl (C=O) groups is 1. The van der Waals surface area contributed by atoms with Crippen LogP contribution in [0.4, 0.5) is 0 Å². The van der Waals surface area contributed by atoms with Gasteiger partial charge in [-0.25, -0.2) is 0 Å². The smallest absolute Gasteiger partial charge is 0.306 e. The van der Waals surface area contributed by atoms with E-state index in [9.17, 15) is 15.0 Å². The molecule has 0 amide bonds. The summed E-state index contributed by atoms with van der Waals surface area (Å²) in [4.78, 5) is 11.2. The number of carboxylic acid groups (broad SMARTS) is 1. The second kappa shape index (κ2) is 4.60. The summed E-state index contributed by atoms with van der Waals surface area (Å²) in [5.41, 5.74) is -0.598. The minimum absolute atomic E-state index is 0.200. The van der Waals surface area contributed by atoms with Crippen LogP contribution in [0.3, 0.4) is 0 Å². The lowest BCUT2D eigenvalue weighted by molar-refractivity contribution is -0.176. The maximum Gasteiger partial charge on any atom is 0.306 e. The van der Waals surface area contributed by atoms with E-state index in [1.165, 1.54) is 0 Å². The molecule has 0 aromatic carbocycles. The van der Waals surface area contributed by atoms with Crippen molar-refractivity contribution in [1.29, 1.82) is 0 Å². The van der Waals surface area contributed by atoms with Gasteiger partial charge in [-0.05, 0) is 43.4 Å². The van der Waals surface area contributed by atoms with E-state index in [4.69, 9.17) is 0 Å². The van der Waals surface area contributed by atoms with Crippen LogP contribution in [0.25, 0.3) is 0 Å². The first-order valence-electron chi connectivity index (χ1n) is 6.95. The first kappa shape index (κ1) is 12.9. The van der Waals surface area contributed by atoms with E-state index in [2.05, 4.69) is 13.8 Å². The van der Waals surface area contributed by atoms with Crippen molar-refractivity contribution in [1.82, 2.24) is 0 Å². The largest absolute Gasteiger partial charge is 0.481 e. The summed E-state index contributed by atoms with van der Waals surface area (Å²) in [5, 5.41) is 20.2. The zero-order valence-electron chi connectivity index (χ0n) is 10.9.